The van der Waals surface area contributed by atoms with Crippen LogP contribution in [0.4, 0.5) is 13.2 Å². The Morgan fingerprint density at radius 3 is 2.56 bits per heavy atom. The van der Waals surface area contributed by atoms with Gasteiger partial charge in [-0.2, -0.15) is 18.3 Å². The lowest BCUT2D eigenvalue weighted by atomic mass is 10.4. The first-order chi connectivity index (χ1) is 7.48. The smallest absolute Gasteiger partial charge is 0.262 e. The normalized spacial score (nSPS) is 11.8. The quantitative estimate of drug-likeness (QED) is 0.748. The van der Waals surface area contributed by atoms with E-state index < -0.39 is 11.9 Å². The van der Waals surface area contributed by atoms with Crippen LogP contribution >= 0.6 is 22.6 Å². The van der Waals surface area contributed by atoms with Gasteiger partial charge in [-0.15, -0.1) is 0 Å². The van der Waals surface area contributed by atoms with Gasteiger partial charge >= 0.3 is 6.18 Å². The maximum absolute atomic E-state index is 12.4. The fourth-order valence-corrected chi connectivity index (χ4v) is 1.84. The maximum Gasteiger partial charge on any atom is 0.435 e. The van der Waals surface area contributed by atoms with Crippen molar-refractivity contribution in [3.63, 3.8) is 0 Å². The number of halogens is 4. The molecule has 0 bridgehead atoms. The van der Waals surface area contributed by atoms with E-state index in [4.69, 9.17) is 0 Å². The van der Waals surface area contributed by atoms with Gasteiger partial charge in [0.25, 0.3) is 0 Å². The molecule has 7 heteroatoms. The minimum atomic E-state index is -4.42. The Morgan fingerprint density at radius 1 is 1.31 bits per heavy atom. The molecule has 2 heterocycles. The fourth-order valence-electron chi connectivity index (χ4n) is 1.16. The van der Waals surface area contributed by atoms with Crippen molar-refractivity contribution < 1.29 is 13.2 Å². The minimum absolute atomic E-state index is 0.387. The molecule has 0 atom stereocenters. The van der Waals surface area contributed by atoms with Gasteiger partial charge in [-0.3, -0.25) is 4.98 Å². The van der Waals surface area contributed by atoms with Crippen molar-refractivity contribution in [1.82, 2.24) is 14.8 Å². The second-order valence-corrected chi connectivity index (χ2v) is 4.08. The summed E-state index contributed by atoms with van der Waals surface area (Å²) < 4.78 is 38.8. The van der Waals surface area contributed by atoms with Crippen molar-refractivity contribution in [3.8, 4) is 5.69 Å². The lowest BCUT2D eigenvalue weighted by molar-refractivity contribution is -0.141. The van der Waals surface area contributed by atoms with Crippen LogP contribution in [-0.4, -0.2) is 14.8 Å². The molecule has 0 saturated heterocycles. The first-order valence-electron chi connectivity index (χ1n) is 4.21. The Kier molecular flexibility index (Phi) is 2.87. The number of hydrogen-bond donors (Lipinski definition) is 0. The summed E-state index contributed by atoms with van der Waals surface area (Å²) in [7, 11) is 0. The van der Waals surface area contributed by atoms with Crippen molar-refractivity contribution in [2.24, 2.45) is 0 Å². The third kappa shape index (κ3) is 2.18. The van der Waals surface area contributed by atoms with Crippen molar-refractivity contribution in [1.29, 1.82) is 0 Å². The standard InChI is InChI=1S/C9H5F3IN3/c10-9(11,12)7-4-8(13)16(15-7)6-2-1-3-14-5-6/h1-5H. The lowest BCUT2D eigenvalue weighted by Gasteiger charge is -2.02. The van der Waals surface area contributed by atoms with Crippen LogP contribution in [0.2, 0.25) is 0 Å². The summed E-state index contributed by atoms with van der Waals surface area (Å²) in [5.74, 6) is 0. The number of hydrogen-bond acceptors (Lipinski definition) is 2. The van der Waals surface area contributed by atoms with E-state index >= 15 is 0 Å². The van der Waals surface area contributed by atoms with E-state index in [9.17, 15) is 13.2 Å². The zero-order valence-corrected chi connectivity index (χ0v) is 9.90. The predicted molar refractivity (Wildman–Crippen MR) is 59.1 cm³/mol. The van der Waals surface area contributed by atoms with Gasteiger partial charge < -0.3 is 0 Å². The third-order valence-corrected chi connectivity index (χ3v) is 2.62. The molecule has 2 aromatic rings. The number of nitrogens with zero attached hydrogens (tertiary/aromatic N) is 3. The Bertz CT molecular complexity index is 492. The average molecular weight is 339 g/mol. The number of pyridine rings is 1. The monoisotopic (exact) mass is 339 g/mol. The maximum atomic E-state index is 12.4. The molecular weight excluding hydrogens is 334 g/mol. The number of alkyl halides is 3. The minimum Gasteiger partial charge on any atom is -0.262 e. The van der Waals surface area contributed by atoms with E-state index in [0.29, 0.717) is 9.39 Å². The van der Waals surface area contributed by atoms with Crippen LogP contribution in [0, 0.1) is 3.70 Å². The van der Waals surface area contributed by atoms with Crippen molar-refractivity contribution in [3.05, 3.63) is 40.0 Å². The second-order valence-electron chi connectivity index (χ2n) is 2.97. The molecule has 0 aliphatic carbocycles. The van der Waals surface area contributed by atoms with Gasteiger partial charge in [0.05, 0.1) is 11.9 Å². The van der Waals surface area contributed by atoms with Gasteiger partial charge in [0, 0.05) is 12.3 Å². The molecule has 0 radical (unpaired) electrons. The zero-order chi connectivity index (χ0) is 11.8. The summed E-state index contributed by atoms with van der Waals surface area (Å²) in [4.78, 5) is 3.83. The molecule has 0 aliphatic heterocycles. The van der Waals surface area contributed by atoms with E-state index in [1.165, 1.54) is 10.9 Å². The Labute approximate surface area is 102 Å². The van der Waals surface area contributed by atoms with E-state index in [0.717, 1.165) is 6.07 Å². The molecule has 3 nitrogen and oxygen atoms in total. The van der Waals surface area contributed by atoms with E-state index in [2.05, 4.69) is 10.1 Å². The topological polar surface area (TPSA) is 30.7 Å². The molecule has 2 rings (SSSR count). The number of aromatic nitrogens is 3. The molecule has 0 amide bonds. The molecule has 2 aromatic heterocycles. The Balaban J connectivity index is 2.48. The largest absolute Gasteiger partial charge is 0.435 e. The summed E-state index contributed by atoms with van der Waals surface area (Å²) >= 11 is 1.80. The van der Waals surface area contributed by atoms with Crippen molar-refractivity contribution >= 4 is 22.6 Å². The van der Waals surface area contributed by atoms with Crippen molar-refractivity contribution in [2.75, 3.05) is 0 Å². The van der Waals surface area contributed by atoms with E-state index in [-0.39, 0.29) is 0 Å². The highest BCUT2D eigenvalue weighted by Crippen LogP contribution is 2.29. The summed E-state index contributed by atoms with van der Waals surface area (Å²) in [6.45, 7) is 0. The van der Waals surface area contributed by atoms with E-state index in [1.54, 1.807) is 40.9 Å². The SMILES string of the molecule is FC(F)(F)c1cc(I)n(-c2cccnc2)n1. The van der Waals surface area contributed by atoms with Crippen LogP contribution in [0.25, 0.3) is 5.69 Å². The van der Waals surface area contributed by atoms with Gasteiger partial charge in [-0.05, 0) is 34.7 Å². The van der Waals surface area contributed by atoms with Crippen LogP contribution in [0.5, 0.6) is 0 Å². The van der Waals surface area contributed by atoms with Crippen LogP contribution < -0.4 is 0 Å². The van der Waals surface area contributed by atoms with Crippen LogP contribution in [0.1, 0.15) is 5.69 Å². The molecule has 0 saturated carbocycles. The highest BCUT2D eigenvalue weighted by molar-refractivity contribution is 14.1. The summed E-state index contributed by atoms with van der Waals surface area (Å²) in [5.41, 5.74) is -0.400. The third-order valence-electron chi connectivity index (χ3n) is 1.85. The predicted octanol–water partition coefficient (Wildman–Crippen LogP) is 2.89. The number of rotatable bonds is 1. The zero-order valence-electron chi connectivity index (χ0n) is 7.74. The Hall–Kier alpha value is -1.12. The summed E-state index contributed by atoms with van der Waals surface area (Å²) in [6.07, 6.45) is -1.42. The molecule has 0 aromatic carbocycles. The van der Waals surface area contributed by atoms with Gasteiger partial charge in [0.15, 0.2) is 5.69 Å². The van der Waals surface area contributed by atoms with Crippen LogP contribution in [0.15, 0.2) is 30.6 Å². The van der Waals surface area contributed by atoms with Gasteiger partial charge in [-0.25, -0.2) is 4.68 Å². The van der Waals surface area contributed by atoms with Gasteiger partial charge in [0.1, 0.15) is 3.70 Å². The second kappa shape index (κ2) is 4.04. The molecule has 0 N–H and O–H groups in total. The fraction of sp³-hybridized carbons (Fsp3) is 0.111. The molecular formula is C9H5F3IN3. The summed E-state index contributed by atoms with van der Waals surface area (Å²) in [5, 5.41) is 3.50. The molecule has 0 fully saturated rings. The van der Waals surface area contributed by atoms with Crippen LogP contribution in [0.3, 0.4) is 0 Å². The first-order valence-corrected chi connectivity index (χ1v) is 5.29. The molecule has 16 heavy (non-hydrogen) atoms. The molecule has 0 unspecified atom stereocenters. The molecule has 0 aliphatic rings. The lowest BCUT2D eigenvalue weighted by Crippen LogP contribution is -2.07. The Morgan fingerprint density at radius 2 is 2.06 bits per heavy atom. The van der Waals surface area contributed by atoms with Crippen LogP contribution in [-0.2, 0) is 6.18 Å². The average Bonchev–Trinajstić information content (AvgIpc) is 2.61. The van der Waals surface area contributed by atoms with E-state index in [1.807, 2.05) is 0 Å². The molecule has 84 valence electrons. The highest BCUT2D eigenvalue weighted by Gasteiger charge is 2.34. The van der Waals surface area contributed by atoms with Gasteiger partial charge in [0.2, 0.25) is 0 Å². The molecule has 0 spiro atoms. The summed E-state index contributed by atoms with van der Waals surface area (Å²) in [6, 6.07) is 4.27. The van der Waals surface area contributed by atoms with Crippen molar-refractivity contribution in [2.45, 2.75) is 6.18 Å². The van der Waals surface area contributed by atoms with Gasteiger partial charge in [-0.1, -0.05) is 0 Å². The highest BCUT2D eigenvalue weighted by atomic mass is 127. The first kappa shape index (κ1) is 11.4.